The molecule has 0 saturated carbocycles. The van der Waals surface area contributed by atoms with Gasteiger partial charge in [0.05, 0.1) is 11.5 Å². The van der Waals surface area contributed by atoms with Crippen molar-refractivity contribution >= 4 is 28.1 Å². The average molecular weight is 454 g/mol. The molecule has 7 nitrogen and oxygen atoms in total. The van der Waals surface area contributed by atoms with Gasteiger partial charge in [0, 0.05) is 17.8 Å². The maximum Gasteiger partial charge on any atom is 0.271 e. The lowest BCUT2D eigenvalue weighted by Gasteiger charge is -2.46. The summed E-state index contributed by atoms with van der Waals surface area (Å²) in [6, 6.07) is 26.8. The lowest BCUT2D eigenvalue weighted by Crippen LogP contribution is -2.61. The summed E-state index contributed by atoms with van der Waals surface area (Å²) in [5.74, 6) is 1.14. The zero-order valence-corrected chi connectivity index (χ0v) is 18.5. The first-order chi connectivity index (χ1) is 16.5. The van der Waals surface area contributed by atoms with E-state index in [-0.39, 0.29) is 11.6 Å². The summed E-state index contributed by atoms with van der Waals surface area (Å²) in [7, 11) is 0. The number of rotatable bonds is 7. The molecule has 0 aliphatic carbocycles. The number of β-lactam (4-membered cyclic amide) rings is 1. The van der Waals surface area contributed by atoms with Crippen LogP contribution in [-0.2, 0) is 4.79 Å². The van der Waals surface area contributed by atoms with E-state index in [0.717, 1.165) is 22.1 Å². The third-order valence-electron chi connectivity index (χ3n) is 5.90. The molecule has 0 unspecified atom stereocenters. The van der Waals surface area contributed by atoms with Gasteiger partial charge in [0.2, 0.25) is 6.10 Å². The Kier molecular flexibility index (Phi) is 5.59. The molecule has 7 heteroatoms. The summed E-state index contributed by atoms with van der Waals surface area (Å²) in [4.78, 5) is 25.4. The second-order valence-electron chi connectivity index (χ2n) is 7.98. The number of nitro benzene ring substituents is 1. The van der Waals surface area contributed by atoms with Crippen molar-refractivity contribution in [2.75, 3.05) is 11.5 Å². The summed E-state index contributed by atoms with van der Waals surface area (Å²) in [5, 5.41) is 13.2. The number of amides is 1. The summed E-state index contributed by atoms with van der Waals surface area (Å²) < 4.78 is 11.7. The van der Waals surface area contributed by atoms with Crippen LogP contribution in [-0.4, -0.2) is 23.5 Å². The number of hydrogen-bond donors (Lipinski definition) is 0. The van der Waals surface area contributed by atoms with Crippen molar-refractivity contribution < 1.29 is 19.2 Å². The van der Waals surface area contributed by atoms with Gasteiger partial charge >= 0.3 is 0 Å². The number of nitro groups is 1. The molecule has 170 valence electrons. The van der Waals surface area contributed by atoms with E-state index in [1.165, 1.54) is 12.1 Å². The average Bonchev–Trinajstić information content (AvgIpc) is 2.86. The first-order valence-corrected chi connectivity index (χ1v) is 11.0. The minimum Gasteiger partial charge on any atom is -0.494 e. The van der Waals surface area contributed by atoms with Gasteiger partial charge in [0.1, 0.15) is 17.5 Å². The van der Waals surface area contributed by atoms with Crippen LogP contribution >= 0.6 is 0 Å². The Bertz CT molecular complexity index is 1350. The van der Waals surface area contributed by atoms with Crippen LogP contribution in [0.15, 0.2) is 91.0 Å². The number of hydrogen-bond acceptors (Lipinski definition) is 5. The smallest absolute Gasteiger partial charge is 0.271 e. The lowest BCUT2D eigenvalue weighted by atomic mass is 9.89. The SMILES string of the molecule is CCOc1ccc([C@@H]2[C@H](Oc3ccc4ccccc4c3)C(=O)N2c2ccc([N+](=O)[O-])cc2)cc1. The summed E-state index contributed by atoms with van der Waals surface area (Å²) in [5.41, 5.74) is 1.43. The van der Waals surface area contributed by atoms with Gasteiger partial charge in [0.15, 0.2) is 0 Å². The number of carbonyl (C=O) groups excluding carboxylic acids is 1. The molecule has 4 aromatic rings. The van der Waals surface area contributed by atoms with Gasteiger partial charge in [-0.15, -0.1) is 0 Å². The molecule has 1 aliphatic rings. The van der Waals surface area contributed by atoms with Gasteiger partial charge < -0.3 is 9.47 Å². The molecule has 0 N–H and O–H groups in total. The molecular weight excluding hydrogens is 432 g/mol. The molecule has 1 saturated heterocycles. The van der Waals surface area contributed by atoms with E-state index in [9.17, 15) is 14.9 Å². The highest BCUT2D eigenvalue weighted by molar-refractivity contribution is 6.05. The number of ether oxygens (including phenoxy) is 2. The van der Waals surface area contributed by atoms with Crippen LogP contribution in [0.5, 0.6) is 11.5 Å². The van der Waals surface area contributed by atoms with Crippen molar-refractivity contribution in [3.63, 3.8) is 0 Å². The van der Waals surface area contributed by atoms with Crippen molar-refractivity contribution in [2.24, 2.45) is 0 Å². The molecule has 4 aromatic carbocycles. The second kappa shape index (κ2) is 8.86. The van der Waals surface area contributed by atoms with Crippen LogP contribution in [0.4, 0.5) is 11.4 Å². The molecule has 1 amide bonds. The minimum atomic E-state index is -0.728. The second-order valence-corrected chi connectivity index (χ2v) is 7.98. The van der Waals surface area contributed by atoms with Crippen LogP contribution in [0.25, 0.3) is 10.8 Å². The molecule has 0 spiro atoms. The fraction of sp³-hybridized carbons (Fsp3) is 0.148. The van der Waals surface area contributed by atoms with Gasteiger partial charge in [-0.1, -0.05) is 42.5 Å². The van der Waals surface area contributed by atoms with Crippen molar-refractivity contribution in [1.29, 1.82) is 0 Å². The monoisotopic (exact) mass is 454 g/mol. The quantitative estimate of drug-likeness (QED) is 0.204. The highest BCUT2D eigenvalue weighted by Gasteiger charge is 2.51. The van der Waals surface area contributed by atoms with Crippen LogP contribution in [0, 0.1) is 10.1 Å². The molecule has 0 radical (unpaired) electrons. The standard InChI is InChI=1S/C27H22N2O5/c1-2-33-23-14-8-19(9-15-23)25-26(34-24-16-7-18-5-3-4-6-20(18)17-24)27(30)28(25)21-10-12-22(13-11-21)29(31)32/h3-17,25-26H,2H2,1H3/t25-,26+/m1/s1. The van der Waals surface area contributed by atoms with Crippen molar-refractivity contribution in [3.05, 3.63) is 107 Å². The molecular formula is C27H22N2O5. The van der Waals surface area contributed by atoms with Crippen molar-refractivity contribution in [3.8, 4) is 11.5 Å². The fourth-order valence-corrected chi connectivity index (χ4v) is 4.24. The topological polar surface area (TPSA) is 81.9 Å². The summed E-state index contributed by atoms with van der Waals surface area (Å²) in [6.45, 7) is 2.48. The van der Waals surface area contributed by atoms with E-state index in [0.29, 0.717) is 18.0 Å². The number of carbonyl (C=O) groups is 1. The van der Waals surface area contributed by atoms with E-state index in [1.807, 2.05) is 73.7 Å². The third kappa shape index (κ3) is 3.92. The largest absolute Gasteiger partial charge is 0.494 e. The van der Waals surface area contributed by atoms with Gasteiger partial charge in [-0.25, -0.2) is 0 Å². The summed E-state index contributed by atoms with van der Waals surface area (Å²) >= 11 is 0. The van der Waals surface area contributed by atoms with Gasteiger partial charge in [-0.05, 0) is 59.7 Å². The first kappa shape index (κ1) is 21.5. The van der Waals surface area contributed by atoms with Gasteiger partial charge in [-0.3, -0.25) is 19.8 Å². The predicted octanol–water partition coefficient (Wildman–Crippen LogP) is 5.68. The zero-order chi connectivity index (χ0) is 23.7. The maximum absolute atomic E-state index is 13.2. The molecule has 2 atom stereocenters. The van der Waals surface area contributed by atoms with E-state index in [1.54, 1.807) is 17.0 Å². The number of non-ortho nitro benzene ring substituents is 1. The molecule has 1 aliphatic heterocycles. The number of benzene rings is 4. The predicted molar refractivity (Wildman–Crippen MR) is 129 cm³/mol. The Morgan fingerprint density at radius 2 is 1.56 bits per heavy atom. The molecule has 1 heterocycles. The Labute approximate surface area is 196 Å². The van der Waals surface area contributed by atoms with E-state index in [2.05, 4.69) is 0 Å². The van der Waals surface area contributed by atoms with Crippen molar-refractivity contribution in [2.45, 2.75) is 19.1 Å². The highest BCUT2D eigenvalue weighted by Crippen LogP contribution is 2.42. The fourth-order valence-electron chi connectivity index (χ4n) is 4.24. The van der Waals surface area contributed by atoms with E-state index in [4.69, 9.17) is 9.47 Å². The Hall–Kier alpha value is -4.39. The van der Waals surface area contributed by atoms with E-state index < -0.39 is 17.1 Å². The van der Waals surface area contributed by atoms with Crippen LogP contribution in [0.2, 0.25) is 0 Å². The summed E-state index contributed by atoms with van der Waals surface area (Å²) in [6.07, 6.45) is -0.728. The minimum absolute atomic E-state index is 0.0293. The zero-order valence-electron chi connectivity index (χ0n) is 18.5. The molecule has 34 heavy (non-hydrogen) atoms. The number of nitrogens with zero attached hydrogens (tertiary/aromatic N) is 2. The normalized spacial score (nSPS) is 17.3. The maximum atomic E-state index is 13.2. The molecule has 5 rings (SSSR count). The molecule has 1 fully saturated rings. The lowest BCUT2D eigenvalue weighted by molar-refractivity contribution is -0.384. The first-order valence-electron chi connectivity index (χ1n) is 11.0. The number of fused-ring (bicyclic) bond motifs is 1. The Morgan fingerprint density at radius 3 is 2.24 bits per heavy atom. The molecule has 0 aromatic heterocycles. The van der Waals surface area contributed by atoms with Crippen LogP contribution < -0.4 is 14.4 Å². The van der Waals surface area contributed by atoms with Gasteiger partial charge in [-0.2, -0.15) is 0 Å². The van der Waals surface area contributed by atoms with E-state index >= 15 is 0 Å². The van der Waals surface area contributed by atoms with Crippen LogP contribution in [0.1, 0.15) is 18.5 Å². The number of anilines is 1. The Morgan fingerprint density at radius 1 is 0.882 bits per heavy atom. The van der Waals surface area contributed by atoms with Crippen LogP contribution in [0.3, 0.4) is 0 Å². The highest BCUT2D eigenvalue weighted by atomic mass is 16.6. The Balaban J connectivity index is 1.48. The third-order valence-corrected chi connectivity index (χ3v) is 5.90. The molecule has 0 bridgehead atoms. The van der Waals surface area contributed by atoms with Gasteiger partial charge in [0.25, 0.3) is 11.6 Å². The van der Waals surface area contributed by atoms with Crippen molar-refractivity contribution in [1.82, 2.24) is 0 Å².